The molecule has 0 spiro atoms. The Labute approximate surface area is 131 Å². The molecule has 0 radical (unpaired) electrons. The summed E-state index contributed by atoms with van der Waals surface area (Å²) in [4.78, 5) is 14.0. The molecule has 3 saturated heterocycles. The van der Waals surface area contributed by atoms with Crippen LogP contribution in [0, 0.1) is 5.92 Å². The number of esters is 1. The summed E-state index contributed by atoms with van der Waals surface area (Å²) in [7, 11) is 0. The van der Waals surface area contributed by atoms with Gasteiger partial charge >= 0.3 is 5.97 Å². The van der Waals surface area contributed by atoms with Crippen molar-refractivity contribution >= 4 is 40.6 Å². The average molecular weight is 325 g/mol. The Morgan fingerprint density at radius 1 is 1.38 bits per heavy atom. The molecule has 2 bridgehead atoms. The lowest BCUT2D eigenvalue weighted by Gasteiger charge is -2.47. The number of nitrogens with zero attached hydrogens (tertiary/aromatic N) is 1. The van der Waals surface area contributed by atoms with Gasteiger partial charge in [-0.2, -0.15) is 0 Å². The van der Waals surface area contributed by atoms with Crippen LogP contribution in [0.25, 0.3) is 0 Å². The Morgan fingerprint density at radius 3 is 2.81 bits per heavy atom. The van der Waals surface area contributed by atoms with Crippen LogP contribution in [0.3, 0.4) is 0 Å². The third-order valence-corrected chi connectivity index (χ3v) is 5.04. The summed E-state index contributed by atoms with van der Waals surface area (Å²) in [6.07, 6.45) is -0.754. The predicted octanol–water partition coefficient (Wildman–Crippen LogP) is 1.08. The molecule has 0 aromatic heterocycles. The van der Waals surface area contributed by atoms with Gasteiger partial charge in [-0.25, -0.2) is 0 Å². The smallest absolute Gasteiger partial charge is 0.311 e. The lowest BCUT2D eigenvalue weighted by atomic mass is 9.75. The van der Waals surface area contributed by atoms with Crippen LogP contribution in [-0.4, -0.2) is 40.5 Å². The van der Waals surface area contributed by atoms with Crippen molar-refractivity contribution in [1.82, 2.24) is 5.32 Å². The predicted molar refractivity (Wildman–Crippen MR) is 81.2 cm³/mol. The van der Waals surface area contributed by atoms with Crippen LogP contribution in [0.5, 0.6) is 0 Å². The van der Waals surface area contributed by atoms with Gasteiger partial charge in [0.15, 0.2) is 5.11 Å². The van der Waals surface area contributed by atoms with E-state index in [2.05, 4.69) is 5.32 Å². The van der Waals surface area contributed by atoms with E-state index in [1.54, 1.807) is 12.1 Å². The summed E-state index contributed by atoms with van der Waals surface area (Å²) in [6.45, 7) is 0. The fourth-order valence-corrected chi connectivity index (χ4v) is 4.06. The van der Waals surface area contributed by atoms with Crippen LogP contribution in [-0.2, 0) is 9.53 Å². The number of carbonyl (C=O) groups excluding carboxylic acids is 1. The number of rotatable bonds is 1. The zero-order valence-corrected chi connectivity index (χ0v) is 12.5. The first kappa shape index (κ1) is 13.3. The maximum Gasteiger partial charge on any atom is 0.311 e. The number of thiocarbonyl (C=S) groups is 1. The molecule has 1 aromatic carbocycles. The van der Waals surface area contributed by atoms with E-state index >= 15 is 0 Å². The topological polar surface area (TPSA) is 61.8 Å². The van der Waals surface area contributed by atoms with E-state index < -0.39 is 12.2 Å². The Morgan fingerprint density at radius 2 is 2.10 bits per heavy atom. The Hall–Kier alpha value is -1.37. The zero-order chi connectivity index (χ0) is 14.7. The number of aliphatic hydroxyl groups is 1. The first-order chi connectivity index (χ1) is 10.1. The number of benzene rings is 1. The van der Waals surface area contributed by atoms with E-state index in [1.807, 2.05) is 17.0 Å². The van der Waals surface area contributed by atoms with Crippen LogP contribution in [0.2, 0.25) is 5.02 Å². The number of carbonyl (C=O) groups is 1. The fourth-order valence-electron chi connectivity index (χ4n) is 3.57. The molecule has 7 heteroatoms. The highest BCUT2D eigenvalue weighted by atomic mass is 35.5. The average Bonchev–Trinajstić information content (AvgIpc) is 2.80. The fraction of sp³-hybridized carbons (Fsp3) is 0.429. The molecule has 4 fully saturated rings. The first-order valence-corrected chi connectivity index (χ1v) is 7.59. The Kier molecular flexibility index (Phi) is 2.89. The highest BCUT2D eigenvalue weighted by molar-refractivity contribution is 7.80. The summed E-state index contributed by atoms with van der Waals surface area (Å²) in [6, 6.07) is 7.06. The maximum atomic E-state index is 12.0. The van der Waals surface area contributed by atoms with Crippen molar-refractivity contribution in [2.45, 2.75) is 30.7 Å². The van der Waals surface area contributed by atoms with Crippen LogP contribution in [0.1, 0.15) is 6.42 Å². The standard InChI is InChI=1S/C14H13ClN2O3S/c15-6-1-3-7(4-2-6)17-11-8-5-9(18)12(20-13(8)19)10(11)16-14(17)21/h1-4,8-12,18H,5H2,(H,16,21)/t8-,9+,10+,11-,12-/m0/s1. The SMILES string of the molecule is O=C1O[C@@H]2[C@@H]3NC(=S)N(c4ccc(Cl)cc4)[C@H]3[C@@H]1C[C@H]2O. The third kappa shape index (κ3) is 1.86. The highest BCUT2D eigenvalue weighted by Crippen LogP contribution is 2.42. The van der Waals surface area contributed by atoms with Crippen molar-refractivity contribution in [3.8, 4) is 0 Å². The van der Waals surface area contributed by atoms with E-state index in [4.69, 9.17) is 28.6 Å². The van der Waals surface area contributed by atoms with E-state index in [9.17, 15) is 9.90 Å². The molecule has 3 aliphatic heterocycles. The van der Waals surface area contributed by atoms with Gasteiger partial charge in [0.1, 0.15) is 6.10 Å². The first-order valence-electron chi connectivity index (χ1n) is 6.80. The second-order valence-corrected chi connectivity index (χ2v) is 6.45. The van der Waals surface area contributed by atoms with Crippen LogP contribution < -0.4 is 10.2 Å². The van der Waals surface area contributed by atoms with Crippen molar-refractivity contribution in [2.75, 3.05) is 4.90 Å². The molecule has 1 aromatic rings. The molecule has 5 nitrogen and oxygen atoms in total. The summed E-state index contributed by atoms with van der Waals surface area (Å²) < 4.78 is 5.30. The van der Waals surface area contributed by atoms with Gasteiger partial charge in [-0.1, -0.05) is 11.6 Å². The minimum absolute atomic E-state index is 0.117. The van der Waals surface area contributed by atoms with Gasteiger partial charge in [-0.05, 0) is 42.9 Å². The lowest BCUT2D eigenvalue weighted by molar-refractivity contribution is -0.188. The number of ether oxygens (including phenoxy) is 1. The molecule has 5 atom stereocenters. The molecule has 4 aliphatic rings. The molecule has 21 heavy (non-hydrogen) atoms. The monoisotopic (exact) mass is 324 g/mol. The summed E-state index contributed by atoms with van der Waals surface area (Å²) in [5, 5.41) is 14.4. The number of fused-ring (bicyclic) bond motifs is 2. The molecule has 110 valence electrons. The van der Waals surface area contributed by atoms with Gasteiger partial charge in [-0.3, -0.25) is 4.79 Å². The second-order valence-electron chi connectivity index (χ2n) is 5.62. The van der Waals surface area contributed by atoms with E-state index in [0.717, 1.165) is 5.69 Å². The van der Waals surface area contributed by atoms with E-state index in [-0.39, 0.29) is 24.0 Å². The molecular weight excluding hydrogens is 312 g/mol. The van der Waals surface area contributed by atoms with Gasteiger partial charge in [0.25, 0.3) is 0 Å². The minimum Gasteiger partial charge on any atom is -0.457 e. The van der Waals surface area contributed by atoms with Crippen molar-refractivity contribution in [2.24, 2.45) is 5.92 Å². The number of hydrogen-bond acceptors (Lipinski definition) is 4. The number of halogens is 1. The molecular formula is C14H13ClN2O3S. The quantitative estimate of drug-likeness (QED) is 0.595. The van der Waals surface area contributed by atoms with Gasteiger partial charge in [0, 0.05) is 10.7 Å². The Bertz CT molecular complexity index is 623. The van der Waals surface area contributed by atoms with Gasteiger partial charge in [-0.15, -0.1) is 0 Å². The van der Waals surface area contributed by atoms with Crippen molar-refractivity contribution in [3.63, 3.8) is 0 Å². The second kappa shape index (κ2) is 4.56. The summed E-state index contributed by atoms with van der Waals surface area (Å²) >= 11 is 11.3. The van der Waals surface area contributed by atoms with Gasteiger partial charge in [0.2, 0.25) is 0 Å². The lowest BCUT2D eigenvalue weighted by Crippen LogP contribution is -2.66. The summed E-state index contributed by atoms with van der Waals surface area (Å²) in [5.41, 5.74) is 0.888. The molecule has 0 amide bonds. The van der Waals surface area contributed by atoms with Crippen molar-refractivity contribution in [1.29, 1.82) is 0 Å². The minimum atomic E-state index is -0.630. The molecule has 0 unspecified atom stereocenters. The van der Waals surface area contributed by atoms with Crippen LogP contribution >= 0.6 is 23.8 Å². The van der Waals surface area contributed by atoms with Crippen LogP contribution in [0.15, 0.2) is 24.3 Å². The van der Waals surface area contributed by atoms with E-state index in [0.29, 0.717) is 16.6 Å². The van der Waals surface area contributed by atoms with Gasteiger partial charge < -0.3 is 20.1 Å². The number of nitrogens with one attached hydrogen (secondary N) is 1. The molecule has 1 aliphatic carbocycles. The van der Waals surface area contributed by atoms with Crippen LogP contribution in [0.4, 0.5) is 5.69 Å². The largest absolute Gasteiger partial charge is 0.457 e. The van der Waals surface area contributed by atoms with Crippen molar-refractivity contribution in [3.05, 3.63) is 29.3 Å². The molecule has 5 rings (SSSR count). The Balaban J connectivity index is 1.74. The number of hydrogen-bond donors (Lipinski definition) is 2. The molecule has 1 saturated carbocycles. The number of anilines is 1. The molecule has 2 N–H and O–H groups in total. The third-order valence-electron chi connectivity index (χ3n) is 4.48. The van der Waals surface area contributed by atoms with E-state index in [1.165, 1.54) is 0 Å². The summed E-state index contributed by atoms with van der Waals surface area (Å²) in [5.74, 6) is -0.629. The normalized spacial score (nSPS) is 37.2. The molecule has 3 heterocycles. The number of aliphatic hydroxyl groups excluding tert-OH is 1. The van der Waals surface area contributed by atoms with Crippen molar-refractivity contribution < 1.29 is 14.6 Å². The van der Waals surface area contributed by atoms with Gasteiger partial charge in [0.05, 0.1) is 24.1 Å². The zero-order valence-electron chi connectivity index (χ0n) is 10.9. The maximum absolute atomic E-state index is 12.0. The highest BCUT2D eigenvalue weighted by Gasteiger charge is 2.60.